The highest BCUT2D eigenvalue weighted by Crippen LogP contribution is 2.31. The molecule has 28 heavy (non-hydrogen) atoms. The van der Waals surface area contributed by atoms with Crippen molar-refractivity contribution in [1.29, 1.82) is 0 Å². The van der Waals surface area contributed by atoms with Crippen molar-refractivity contribution in [3.8, 4) is 0 Å². The summed E-state index contributed by atoms with van der Waals surface area (Å²) in [5.74, 6) is 1.38. The van der Waals surface area contributed by atoms with E-state index in [0.717, 1.165) is 49.4 Å². The van der Waals surface area contributed by atoms with Gasteiger partial charge in [0.2, 0.25) is 0 Å². The molecule has 2 aromatic heterocycles. The molecule has 2 N–H and O–H groups in total. The standard InChI is InChI=1S/C23H28N4O/c1-15-7-8-20-18(11-15)17(12-24-20)13-27-10-9-21-19(14-27)23(28)26-22(25-21)16-5-3-2-4-6-16/h7-8,11-12,16,24H,2-6,9-10,13-14H2,1H3,(H,25,26,28). The number of aryl methyl sites for hydroxylation is 1. The molecule has 5 rings (SSSR count). The lowest BCUT2D eigenvalue weighted by molar-refractivity contribution is 0.242. The molecule has 3 heterocycles. The fourth-order valence-corrected chi connectivity index (χ4v) is 4.87. The summed E-state index contributed by atoms with van der Waals surface area (Å²) in [5, 5.41) is 1.28. The maximum Gasteiger partial charge on any atom is 0.255 e. The number of H-pyrrole nitrogens is 2. The molecule has 5 nitrogen and oxygen atoms in total. The van der Waals surface area contributed by atoms with Crippen molar-refractivity contribution in [2.45, 2.75) is 64.5 Å². The minimum atomic E-state index is 0.0741. The van der Waals surface area contributed by atoms with Crippen molar-refractivity contribution in [3.63, 3.8) is 0 Å². The van der Waals surface area contributed by atoms with Gasteiger partial charge >= 0.3 is 0 Å². The fourth-order valence-electron chi connectivity index (χ4n) is 4.87. The number of hydrogen-bond acceptors (Lipinski definition) is 3. The summed E-state index contributed by atoms with van der Waals surface area (Å²) in [6, 6.07) is 6.51. The Bertz CT molecular complexity index is 1060. The highest BCUT2D eigenvalue weighted by atomic mass is 16.1. The first-order chi connectivity index (χ1) is 13.7. The molecule has 0 amide bonds. The molecule has 0 spiro atoms. The van der Waals surface area contributed by atoms with Crippen LogP contribution in [0, 0.1) is 6.92 Å². The van der Waals surface area contributed by atoms with Gasteiger partial charge in [-0.15, -0.1) is 0 Å². The molecular formula is C23H28N4O. The molecule has 0 radical (unpaired) electrons. The minimum Gasteiger partial charge on any atom is -0.361 e. The van der Waals surface area contributed by atoms with Gasteiger partial charge in [0.05, 0.1) is 11.3 Å². The van der Waals surface area contributed by atoms with Crippen molar-refractivity contribution >= 4 is 10.9 Å². The first-order valence-corrected chi connectivity index (χ1v) is 10.6. The first-order valence-electron chi connectivity index (χ1n) is 10.6. The highest BCUT2D eigenvalue weighted by molar-refractivity contribution is 5.83. The van der Waals surface area contributed by atoms with Crippen molar-refractivity contribution < 1.29 is 0 Å². The van der Waals surface area contributed by atoms with E-state index in [-0.39, 0.29) is 5.56 Å². The number of nitrogens with zero attached hydrogens (tertiary/aromatic N) is 2. The maximum atomic E-state index is 12.8. The van der Waals surface area contributed by atoms with E-state index >= 15 is 0 Å². The van der Waals surface area contributed by atoms with Gasteiger partial charge in [-0.2, -0.15) is 0 Å². The summed E-state index contributed by atoms with van der Waals surface area (Å²) in [6.45, 7) is 4.61. The van der Waals surface area contributed by atoms with E-state index in [4.69, 9.17) is 4.98 Å². The molecule has 1 fully saturated rings. The van der Waals surface area contributed by atoms with Crippen LogP contribution in [0.1, 0.15) is 66.2 Å². The van der Waals surface area contributed by atoms with Crippen LogP contribution < -0.4 is 5.56 Å². The van der Waals surface area contributed by atoms with Crippen LogP contribution in [0.3, 0.4) is 0 Å². The summed E-state index contributed by atoms with van der Waals surface area (Å²) in [7, 11) is 0. The van der Waals surface area contributed by atoms with E-state index in [2.05, 4.69) is 46.2 Å². The first kappa shape index (κ1) is 17.7. The zero-order chi connectivity index (χ0) is 19.1. The molecule has 0 bridgehead atoms. The number of aromatic amines is 2. The molecule has 1 aliphatic heterocycles. The van der Waals surface area contributed by atoms with Crippen LogP contribution in [-0.4, -0.2) is 26.4 Å². The van der Waals surface area contributed by atoms with Crippen LogP contribution in [0.15, 0.2) is 29.2 Å². The second-order valence-corrected chi connectivity index (χ2v) is 8.53. The monoisotopic (exact) mass is 376 g/mol. The van der Waals surface area contributed by atoms with Crippen LogP contribution in [-0.2, 0) is 19.5 Å². The van der Waals surface area contributed by atoms with Gasteiger partial charge < -0.3 is 9.97 Å². The Hall–Kier alpha value is -2.40. The van der Waals surface area contributed by atoms with E-state index in [1.807, 2.05) is 0 Å². The third-order valence-corrected chi connectivity index (χ3v) is 6.47. The summed E-state index contributed by atoms with van der Waals surface area (Å²) in [5.41, 5.74) is 5.70. The van der Waals surface area contributed by atoms with Gasteiger partial charge in [-0.1, -0.05) is 30.9 Å². The Morgan fingerprint density at radius 3 is 2.93 bits per heavy atom. The number of nitrogens with one attached hydrogen (secondary N) is 2. The van der Waals surface area contributed by atoms with Crippen LogP contribution in [0.2, 0.25) is 0 Å². The molecule has 3 aromatic rings. The Balaban J connectivity index is 1.37. The van der Waals surface area contributed by atoms with Crippen molar-refractivity contribution in [2.24, 2.45) is 0 Å². The number of aromatic nitrogens is 3. The predicted molar refractivity (Wildman–Crippen MR) is 112 cm³/mol. The third-order valence-electron chi connectivity index (χ3n) is 6.47. The Morgan fingerprint density at radius 2 is 2.07 bits per heavy atom. The molecule has 5 heteroatoms. The summed E-state index contributed by atoms with van der Waals surface area (Å²) < 4.78 is 0. The van der Waals surface area contributed by atoms with Gasteiger partial charge in [0.25, 0.3) is 5.56 Å². The van der Waals surface area contributed by atoms with Gasteiger partial charge in [-0.25, -0.2) is 4.98 Å². The van der Waals surface area contributed by atoms with Crippen LogP contribution in [0.5, 0.6) is 0 Å². The number of benzene rings is 1. The Labute approximate surface area is 165 Å². The number of hydrogen-bond donors (Lipinski definition) is 2. The van der Waals surface area contributed by atoms with Crippen molar-refractivity contribution in [2.75, 3.05) is 6.54 Å². The molecule has 2 aliphatic rings. The zero-order valence-corrected chi connectivity index (χ0v) is 16.6. The second kappa shape index (κ2) is 7.21. The van der Waals surface area contributed by atoms with E-state index < -0.39 is 0 Å². The van der Waals surface area contributed by atoms with E-state index in [1.165, 1.54) is 41.3 Å². The average Bonchev–Trinajstić information content (AvgIpc) is 3.11. The highest BCUT2D eigenvalue weighted by Gasteiger charge is 2.25. The molecule has 1 saturated carbocycles. The topological polar surface area (TPSA) is 64.8 Å². The zero-order valence-electron chi connectivity index (χ0n) is 16.6. The average molecular weight is 377 g/mol. The molecule has 1 aliphatic carbocycles. The van der Waals surface area contributed by atoms with E-state index in [1.54, 1.807) is 0 Å². The smallest absolute Gasteiger partial charge is 0.255 e. The molecule has 0 atom stereocenters. The molecule has 0 unspecified atom stereocenters. The SMILES string of the molecule is Cc1ccc2[nH]cc(CN3CCc4nc(C5CCCCC5)[nH]c(=O)c4C3)c2c1. The lowest BCUT2D eigenvalue weighted by Gasteiger charge is -2.28. The number of fused-ring (bicyclic) bond motifs is 2. The number of rotatable bonds is 3. The molecular weight excluding hydrogens is 348 g/mol. The van der Waals surface area contributed by atoms with Crippen molar-refractivity contribution in [1.82, 2.24) is 19.9 Å². The van der Waals surface area contributed by atoms with Crippen LogP contribution >= 0.6 is 0 Å². The normalized spacial score (nSPS) is 18.5. The van der Waals surface area contributed by atoms with Crippen molar-refractivity contribution in [3.05, 3.63) is 63.0 Å². The lowest BCUT2D eigenvalue weighted by Crippen LogP contribution is -2.36. The Morgan fingerprint density at radius 1 is 1.21 bits per heavy atom. The predicted octanol–water partition coefficient (Wildman–Crippen LogP) is 4.17. The summed E-state index contributed by atoms with van der Waals surface area (Å²) >= 11 is 0. The van der Waals surface area contributed by atoms with E-state index in [9.17, 15) is 4.79 Å². The van der Waals surface area contributed by atoms with E-state index in [0.29, 0.717) is 12.5 Å². The quantitative estimate of drug-likeness (QED) is 0.721. The van der Waals surface area contributed by atoms with Gasteiger partial charge in [0, 0.05) is 49.1 Å². The second-order valence-electron chi connectivity index (χ2n) is 8.53. The summed E-state index contributed by atoms with van der Waals surface area (Å²) in [4.78, 5) is 26.6. The van der Waals surface area contributed by atoms with Crippen LogP contribution in [0.25, 0.3) is 10.9 Å². The fraction of sp³-hybridized carbons (Fsp3) is 0.478. The van der Waals surface area contributed by atoms with Gasteiger partial charge in [0.1, 0.15) is 5.82 Å². The molecule has 1 aromatic carbocycles. The van der Waals surface area contributed by atoms with Gasteiger partial charge in [0.15, 0.2) is 0 Å². The maximum absolute atomic E-state index is 12.8. The minimum absolute atomic E-state index is 0.0741. The van der Waals surface area contributed by atoms with Crippen LogP contribution in [0.4, 0.5) is 0 Å². The summed E-state index contributed by atoms with van der Waals surface area (Å²) in [6.07, 6.45) is 9.11. The molecule has 146 valence electrons. The Kier molecular flexibility index (Phi) is 4.55. The van der Waals surface area contributed by atoms with Gasteiger partial charge in [-0.3, -0.25) is 9.69 Å². The largest absolute Gasteiger partial charge is 0.361 e. The van der Waals surface area contributed by atoms with Gasteiger partial charge in [-0.05, 0) is 37.5 Å². The third kappa shape index (κ3) is 3.28. The lowest BCUT2D eigenvalue weighted by atomic mass is 9.88. The molecule has 0 saturated heterocycles.